The Balaban J connectivity index is 1.50. The van der Waals surface area contributed by atoms with Gasteiger partial charge in [-0.15, -0.1) is 16.4 Å². The Morgan fingerprint density at radius 3 is 2.80 bits per heavy atom. The monoisotopic (exact) mass is 301 g/mol. The zero-order valence-electron chi connectivity index (χ0n) is 11.0. The number of hydrogen-bond donors (Lipinski definition) is 1. The Bertz CT molecular complexity index is 632. The van der Waals surface area contributed by atoms with E-state index < -0.39 is 0 Å². The number of nitrogens with zero attached hydrogens (tertiary/aromatic N) is 2. The number of rotatable bonds is 6. The van der Waals surface area contributed by atoms with Crippen LogP contribution in [0.1, 0.15) is 16.3 Å². The molecule has 20 heavy (non-hydrogen) atoms. The molecule has 1 aromatic carbocycles. The summed E-state index contributed by atoms with van der Waals surface area (Å²) in [6, 6.07) is 14.7. The highest BCUT2D eigenvalue weighted by Gasteiger charge is 2.05. The molecule has 0 amide bonds. The smallest absolute Gasteiger partial charge is 0.208 e. The molecule has 0 bridgehead atoms. The number of H-pyrrole nitrogens is 1. The van der Waals surface area contributed by atoms with Gasteiger partial charge in [-0.1, -0.05) is 48.2 Å². The van der Waals surface area contributed by atoms with Gasteiger partial charge in [0.15, 0.2) is 0 Å². The molecule has 3 nitrogen and oxygen atoms in total. The molecule has 102 valence electrons. The largest absolute Gasteiger partial charge is 0.262 e. The van der Waals surface area contributed by atoms with E-state index in [1.54, 1.807) is 23.1 Å². The first-order valence-electron chi connectivity index (χ1n) is 6.50. The molecule has 5 heteroatoms. The van der Waals surface area contributed by atoms with E-state index in [-0.39, 0.29) is 0 Å². The molecule has 0 saturated carbocycles. The molecule has 0 aliphatic carbocycles. The molecule has 0 atom stereocenters. The summed E-state index contributed by atoms with van der Waals surface area (Å²) >= 11 is 3.45. The van der Waals surface area contributed by atoms with E-state index in [9.17, 15) is 0 Å². The van der Waals surface area contributed by atoms with Crippen molar-refractivity contribution in [3.8, 4) is 0 Å². The lowest BCUT2D eigenvalue weighted by Crippen LogP contribution is -1.89. The second kappa shape index (κ2) is 6.72. The fourth-order valence-corrected chi connectivity index (χ4v) is 3.42. The predicted molar refractivity (Wildman–Crippen MR) is 84.4 cm³/mol. The lowest BCUT2D eigenvalue weighted by molar-refractivity contribution is 0.959. The van der Waals surface area contributed by atoms with E-state index in [1.165, 1.54) is 10.4 Å². The number of benzene rings is 1. The lowest BCUT2D eigenvalue weighted by atomic mass is 10.2. The van der Waals surface area contributed by atoms with Crippen LogP contribution in [-0.2, 0) is 12.8 Å². The van der Waals surface area contributed by atoms with E-state index in [2.05, 4.69) is 57.0 Å². The minimum atomic E-state index is 0.837. The van der Waals surface area contributed by atoms with Gasteiger partial charge in [0.05, 0.1) is 0 Å². The van der Waals surface area contributed by atoms with Gasteiger partial charge in [-0.3, -0.25) is 5.10 Å². The molecule has 2 heterocycles. The number of thioether (sulfide) groups is 1. The quantitative estimate of drug-likeness (QED) is 0.704. The third kappa shape index (κ3) is 3.71. The maximum Gasteiger partial charge on any atom is 0.208 e. The van der Waals surface area contributed by atoms with Gasteiger partial charge in [0, 0.05) is 17.1 Å². The van der Waals surface area contributed by atoms with Crippen molar-refractivity contribution >= 4 is 23.1 Å². The van der Waals surface area contributed by atoms with Crippen LogP contribution in [0, 0.1) is 0 Å². The van der Waals surface area contributed by atoms with Gasteiger partial charge >= 0.3 is 0 Å². The van der Waals surface area contributed by atoms with Crippen molar-refractivity contribution in [3.05, 3.63) is 64.1 Å². The van der Waals surface area contributed by atoms with E-state index in [0.29, 0.717) is 0 Å². The maximum atomic E-state index is 4.52. The van der Waals surface area contributed by atoms with Gasteiger partial charge in [0.2, 0.25) is 5.16 Å². The summed E-state index contributed by atoms with van der Waals surface area (Å²) in [4.78, 5) is 5.83. The maximum absolute atomic E-state index is 4.52. The number of aryl methyl sites for hydroxylation is 1. The Kier molecular flexibility index (Phi) is 4.50. The van der Waals surface area contributed by atoms with Gasteiger partial charge < -0.3 is 0 Å². The molecule has 0 fully saturated rings. The number of aromatic amines is 1. The second-order valence-corrected chi connectivity index (χ2v) is 6.50. The van der Waals surface area contributed by atoms with Crippen molar-refractivity contribution in [1.29, 1.82) is 0 Å². The minimum Gasteiger partial charge on any atom is -0.262 e. The Hall–Kier alpha value is -1.59. The summed E-state index contributed by atoms with van der Waals surface area (Å²) in [5.74, 6) is 1.94. The van der Waals surface area contributed by atoms with Crippen LogP contribution in [0.4, 0.5) is 0 Å². The van der Waals surface area contributed by atoms with Crippen LogP contribution in [0.25, 0.3) is 0 Å². The van der Waals surface area contributed by atoms with Gasteiger partial charge in [0.1, 0.15) is 5.82 Å². The molecule has 0 spiro atoms. The van der Waals surface area contributed by atoms with Crippen molar-refractivity contribution < 1.29 is 0 Å². The van der Waals surface area contributed by atoms with Crippen LogP contribution in [-0.4, -0.2) is 20.9 Å². The van der Waals surface area contributed by atoms with Crippen molar-refractivity contribution in [2.75, 3.05) is 5.75 Å². The topological polar surface area (TPSA) is 41.6 Å². The summed E-state index contributed by atoms with van der Waals surface area (Å²) in [5.41, 5.74) is 1.36. The van der Waals surface area contributed by atoms with Crippen LogP contribution in [0.3, 0.4) is 0 Å². The molecule has 0 unspecified atom stereocenters. The average molecular weight is 301 g/mol. The van der Waals surface area contributed by atoms with Gasteiger partial charge in [-0.25, -0.2) is 4.98 Å². The number of aromatic nitrogens is 3. The van der Waals surface area contributed by atoms with Crippen LogP contribution < -0.4 is 0 Å². The lowest BCUT2D eigenvalue weighted by Gasteiger charge is -1.98. The summed E-state index contributed by atoms with van der Waals surface area (Å²) < 4.78 is 0. The first-order valence-corrected chi connectivity index (χ1v) is 8.37. The predicted octanol–water partition coefficient (Wildman–Crippen LogP) is 3.79. The number of thiophene rings is 1. The van der Waals surface area contributed by atoms with Crippen LogP contribution >= 0.6 is 23.1 Å². The van der Waals surface area contributed by atoms with E-state index in [4.69, 9.17) is 0 Å². The minimum absolute atomic E-state index is 0.837. The fourth-order valence-electron chi connectivity index (χ4n) is 1.90. The Labute approximate surface area is 126 Å². The molecule has 0 aliphatic heterocycles. The number of nitrogens with one attached hydrogen (secondary N) is 1. The van der Waals surface area contributed by atoms with Crippen LogP contribution in [0.15, 0.2) is 53.0 Å². The van der Waals surface area contributed by atoms with Crippen molar-refractivity contribution in [2.24, 2.45) is 0 Å². The highest BCUT2D eigenvalue weighted by atomic mass is 32.2. The highest BCUT2D eigenvalue weighted by molar-refractivity contribution is 7.99. The van der Waals surface area contributed by atoms with Gasteiger partial charge in [-0.2, -0.15) is 0 Å². The molecule has 3 rings (SSSR count). The molecular formula is C15H15N3S2. The Morgan fingerprint density at radius 1 is 1.10 bits per heavy atom. The van der Waals surface area contributed by atoms with Crippen LogP contribution in [0.2, 0.25) is 0 Å². The highest BCUT2D eigenvalue weighted by Crippen LogP contribution is 2.17. The Morgan fingerprint density at radius 2 is 2.00 bits per heavy atom. The van der Waals surface area contributed by atoms with E-state index >= 15 is 0 Å². The third-order valence-electron chi connectivity index (χ3n) is 2.90. The second-order valence-electron chi connectivity index (χ2n) is 4.40. The molecular weight excluding hydrogens is 286 g/mol. The molecule has 2 aromatic heterocycles. The third-order valence-corrected chi connectivity index (χ3v) is 4.62. The molecule has 1 N–H and O–H groups in total. The normalized spacial score (nSPS) is 10.8. The average Bonchev–Trinajstić information content (AvgIpc) is 3.13. The molecule has 0 saturated heterocycles. The zero-order chi connectivity index (χ0) is 13.6. The van der Waals surface area contributed by atoms with Crippen molar-refractivity contribution in [2.45, 2.75) is 18.0 Å². The SMILES string of the molecule is c1ccc(CCSc2n[nH]c(Cc3cccs3)n2)cc1. The zero-order valence-corrected chi connectivity index (χ0v) is 12.6. The first kappa shape index (κ1) is 13.4. The molecule has 3 aromatic rings. The summed E-state index contributed by atoms with van der Waals surface area (Å²) in [5, 5.41) is 10.2. The summed E-state index contributed by atoms with van der Waals surface area (Å²) in [7, 11) is 0. The van der Waals surface area contributed by atoms with Gasteiger partial charge in [0.25, 0.3) is 0 Å². The van der Waals surface area contributed by atoms with Crippen LogP contribution in [0.5, 0.6) is 0 Å². The van der Waals surface area contributed by atoms with E-state index in [1.807, 2.05) is 6.07 Å². The molecule has 0 radical (unpaired) electrons. The number of hydrogen-bond acceptors (Lipinski definition) is 4. The molecule has 0 aliphatic rings. The van der Waals surface area contributed by atoms with Gasteiger partial charge in [-0.05, 0) is 23.4 Å². The van der Waals surface area contributed by atoms with E-state index in [0.717, 1.165) is 29.6 Å². The van der Waals surface area contributed by atoms with Crippen molar-refractivity contribution in [1.82, 2.24) is 15.2 Å². The first-order chi connectivity index (χ1) is 9.90. The summed E-state index contributed by atoms with van der Waals surface area (Å²) in [6.45, 7) is 0. The fraction of sp³-hybridized carbons (Fsp3) is 0.200. The summed E-state index contributed by atoms with van der Waals surface area (Å²) in [6.07, 6.45) is 1.88. The standard InChI is InChI=1S/C15H15N3S2/c1-2-5-12(6-3-1)8-10-20-15-16-14(17-18-15)11-13-7-4-9-19-13/h1-7,9H,8,10-11H2,(H,16,17,18). The van der Waals surface area contributed by atoms with Crippen molar-refractivity contribution in [3.63, 3.8) is 0 Å².